The van der Waals surface area contributed by atoms with Crippen molar-refractivity contribution in [3.63, 3.8) is 0 Å². The largest absolute Gasteiger partial charge is 0.495 e. The van der Waals surface area contributed by atoms with Crippen LogP contribution in [0.3, 0.4) is 0 Å². The minimum absolute atomic E-state index is 0.0350. The molecule has 0 spiro atoms. The van der Waals surface area contributed by atoms with Crippen molar-refractivity contribution in [3.8, 4) is 5.75 Å². The number of benzene rings is 2. The average molecular weight is 593 g/mol. The summed E-state index contributed by atoms with van der Waals surface area (Å²) in [5, 5.41) is 3.87. The van der Waals surface area contributed by atoms with Gasteiger partial charge < -0.3 is 15.0 Å². The summed E-state index contributed by atoms with van der Waals surface area (Å²) in [6, 6.07) is 8.43. The second kappa shape index (κ2) is 13.6. The molecule has 2 amide bonds. The first kappa shape index (κ1) is 31.0. The maximum absolute atomic E-state index is 13.8. The van der Waals surface area contributed by atoms with Crippen molar-refractivity contribution in [2.45, 2.75) is 39.8 Å². The topological polar surface area (TPSA) is 96.0 Å². The number of methoxy groups -OCH3 is 1. The van der Waals surface area contributed by atoms with E-state index in [0.717, 1.165) is 10.6 Å². The van der Waals surface area contributed by atoms with Crippen LogP contribution in [0.4, 0.5) is 5.69 Å². The van der Waals surface area contributed by atoms with Crippen LogP contribution in [0.5, 0.6) is 5.75 Å². The second-order valence-corrected chi connectivity index (χ2v) is 12.1. The number of sulfonamides is 1. The van der Waals surface area contributed by atoms with Gasteiger partial charge in [0, 0.05) is 28.2 Å². The highest BCUT2D eigenvalue weighted by Gasteiger charge is 2.33. The van der Waals surface area contributed by atoms with E-state index in [1.165, 1.54) is 24.1 Å². The Bertz CT molecular complexity index is 1220. The third-order valence-corrected chi connectivity index (χ3v) is 7.46. The van der Waals surface area contributed by atoms with Crippen LogP contribution >= 0.6 is 34.8 Å². The number of hydrogen-bond donors (Lipinski definition) is 1. The van der Waals surface area contributed by atoms with Gasteiger partial charge >= 0.3 is 0 Å². The molecule has 0 saturated heterocycles. The first-order valence-electron chi connectivity index (χ1n) is 11.6. The Labute approximate surface area is 233 Å². The molecule has 2 aromatic carbocycles. The van der Waals surface area contributed by atoms with Crippen LogP contribution in [0.15, 0.2) is 36.4 Å². The highest BCUT2D eigenvalue weighted by molar-refractivity contribution is 7.92. The maximum atomic E-state index is 13.8. The molecule has 0 bridgehead atoms. The van der Waals surface area contributed by atoms with E-state index in [-0.39, 0.29) is 34.8 Å². The van der Waals surface area contributed by atoms with E-state index in [4.69, 9.17) is 39.5 Å². The molecule has 12 heteroatoms. The molecule has 0 saturated carbocycles. The van der Waals surface area contributed by atoms with Gasteiger partial charge in [-0.3, -0.25) is 13.9 Å². The summed E-state index contributed by atoms with van der Waals surface area (Å²) in [4.78, 5) is 28.2. The van der Waals surface area contributed by atoms with E-state index in [1.807, 2.05) is 13.8 Å². The van der Waals surface area contributed by atoms with Crippen molar-refractivity contribution in [3.05, 3.63) is 57.0 Å². The smallest absolute Gasteiger partial charge is 0.244 e. The highest BCUT2D eigenvalue weighted by atomic mass is 35.5. The molecule has 37 heavy (non-hydrogen) atoms. The van der Waals surface area contributed by atoms with Gasteiger partial charge in [0.15, 0.2) is 0 Å². The predicted octanol–water partition coefficient (Wildman–Crippen LogP) is 5.00. The van der Waals surface area contributed by atoms with Crippen molar-refractivity contribution in [1.82, 2.24) is 10.2 Å². The Morgan fingerprint density at radius 3 is 2.22 bits per heavy atom. The van der Waals surface area contributed by atoms with E-state index < -0.39 is 28.5 Å². The Hall–Kier alpha value is -2.20. The first-order chi connectivity index (χ1) is 17.3. The standard InChI is InChI=1S/C25H32Cl3N3O5S/c1-6-21(25(33)29-13-16(2)3)30(14-17-7-8-18(26)11-20(17)28)24(32)15-31(37(5,34)35)22-12-19(27)9-10-23(22)36-4/h7-12,16,21H,6,13-15H2,1-5H3,(H,29,33)/t21-/m0/s1. The number of hydrogen-bond acceptors (Lipinski definition) is 5. The van der Waals surface area contributed by atoms with Crippen LogP contribution in [0.25, 0.3) is 0 Å². The highest BCUT2D eigenvalue weighted by Crippen LogP contribution is 2.33. The molecule has 0 fully saturated rings. The number of amides is 2. The molecule has 0 radical (unpaired) electrons. The van der Waals surface area contributed by atoms with Crippen LogP contribution in [0.2, 0.25) is 15.1 Å². The lowest BCUT2D eigenvalue weighted by Gasteiger charge is -2.33. The molecule has 8 nitrogen and oxygen atoms in total. The molecule has 204 valence electrons. The fourth-order valence-corrected chi connectivity index (χ4v) is 5.11. The minimum atomic E-state index is -3.95. The van der Waals surface area contributed by atoms with Gasteiger partial charge in [-0.05, 0) is 48.2 Å². The third-order valence-electron chi connectivity index (χ3n) is 5.52. The molecule has 2 aromatic rings. The zero-order chi connectivity index (χ0) is 27.9. The molecule has 0 aliphatic rings. The lowest BCUT2D eigenvalue weighted by atomic mass is 10.1. The molecule has 0 aliphatic heterocycles. The first-order valence-corrected chi connectivity index (χ1v) is 14.6. The molecule has 0 aromatic heterocycles. The second-order valence-electron chi connectivity index (χ2n) is 8.91. The van der Waals surface area contributed by atoms with Crippen molar-refractivity contribution in [2.75, 3.05) is 30.8 Å². The summed E-state index contributed by atoms with van der Waals surface area (Å²) in [6.45, 7) is 5.49. The number of nitrogens with zero attached hydrogens (tertiary/aromatic N) is 2. The monoisotopic (exact) mass is 591 g/mol. The lowest BCUT2D eigenvalue weighted by molar-refractivity contribution is -0.140. The molecular weight excluding hydrogens is 561 g/mol. The van der Waals surface area contributed by atoms with Gasteiger partial charge in [-0.2, -0.15) is 0 Å². The molecular formula is C25H32Cl3N3O5S. The Morgan fingerprint density at radius 2 is 1.68 bits per heavy atom. The van der Waals surface area contributed by atoms with Crippen LogP contribution in [-0.4, -0.2) is 57.6 Å². The summed E-state index contributed by atoms with van der Waals surface area (Å²) in [5.41, 5.74) is 0.661. The van der Waals surface area contributed by atoms with Gasteiger partial charge in [0.2, 0.25) is 21.8 Å². The number of rotatable bonds is 12. The van der Waals surface area contributed by atoms with Gasteiger partial charge in [0.1, 0.15) is 18.3 Å². The maximum Gasteiger partial charge on any atom is 0.244 e. The summed E-state index contributed by atoms with van der Waals surface area (Å²) < 4.78 is 31.9. The molecule has 2 rings (SSSR count). The van der Waals surface area contributed by atoms with Gasteiger partial charge in [-0.1, -0.05) is 61.6 Å². The third kappa shape index (κ3) is 8.67. The molecule has 0 heterocycles. The molecule has 0 unspecified atom stereocenters. The fourth-order valence-electron chi connectivity index (χ4n) is 3.63. The fraction of sp³-hybridized carbons (Fsp3) is 0.440. The van der Waals surface area contributed by atoms with Crippen LogP contribution in [0.1, 0.15) is 32.8 Å². The van der Waals surface area contributed by atoms with E-state index in [1.54, 1.807) is 31.2 Å². The van der Waals surface area contributed by atoms with Crippen LogP contribution in [-0.2, 0) is 26.2 Å². The summed E-state index contributed by atoms with van der Waals surface area (Å²) in [5.74, 6) is -0.533. The van der Waals surface area contributed by atoms with E-state index in [0.29, 0.717) is 28.6 Å². The van der Waals surface area contributed by atoms with Crippen molar-refractivity contribution in [2.24, 2.45) is 5.92 Å². The molecule has 1 N–H and O–H groups in total. The van der Waals surface area contributed by atoms with Crippen molar-refractivity contribution < 1.29 is 22.7 Å². The molecule has 1 atom stereocenters. The number of anilines is 1. The van der Waals surface area contributed by atoms with Gasteiger partial charge in [0.25, 0.3) is 0 Å². The number of carbonyl (C=O) groups is 2. The number of carbonyl (C=O) groups excluding carboxylic acids is 2. The predicted molar refractivity (Wildman–Crippen MR) is 149 cm³/mol. The van der Waals surface area contributed by atoms with Crippen LogP contribution in [0, 0.1) is 5.92 Å². The SMILES string of the molecule is CC[C@@H](C(=O)NCC(C)C)N(Cc1ccc(Cl)cc1Cl)C(=O)CN(c1cc(Cl)ccc1OC)S(C)(=O)=O. The summed E-state index contributed by atoms with van der Waals surface area (Å²) >= 11 is 18.5. The zero-order valence-electron chi connectivity index (χ0n) is 21.4. The quantitative estimate of drug-likeness (QED) is 0.374. The normalized spacial score (nSPS) is 12.2. The Morgan fingerprint density at radius 1 is 1.05 bits per heavy atom. The Kier molecular flexibility index (Phi) is 11.4. The average Bonchev–Trinajstić information content (AvgIpc) is 2.81. The van der Waals surface area contributed by atoms with E-state index in [2.05, 4.69) is 5.32 Å². The van der Waals surface area contributed by atoms with Crippen molar-refractivity contribution in [1.29, 1.82) is 0 Å². The van der Waals surface area contributed by atoms with Gasteiger partial charge in [0.05, 0.1) is 19.1 Å². The number of ether oxygens (including phenoxy) is 1. The summed E-state index contributed by atoms with van der Waals surface area (Å²) in [7, 11) is -2.57. The van der Waals surface area contributed by atoms with E-state index >= 15 is 0 Å². The number of nitrogens with one attached hydrogen (secondary N) is 1. The minimum Gasteiger partial charge on any atom is -0.495 e. The van der Waals surface area contributed by atoms with Gasteiger partial charge in [-0.15, -0.1) is 0 Å². The number of halogens is 3. The van der Waals surface area contributed by atoms with Gasteiger partial charge in [-0.25, -0.2) is 8.42 Å². The molecule has 0 aliphatic carbocycles. The Balaban J connectivity index is 2.53. The summed E-state index contributed by atoms with van der Waals surface area (Å²) in [6.07, 6.45) is 1.27. The lowest BCUT2D eigenvalue weighted by Crippen LogP contribution is -2.52. The van der Waals surface area contributed by atoms with Crippen molar-refractivity contribution >= 4 is 62.3 Å². The van der Waals surface area contributed by atoms with Crippen LogP contribution < -0.4 is 14.4 Å². The zero-order valence-corrected chi connectivity index (χ0v) is 24.5. The van der Waals surface area contributed by atoms with E-state index in [9.17, 15) is 18.0 Å².